The van der Waals surface area contributed by atoms with E-state index in [0.717, 1.165) is 19.3 Å². The Morgan fingerprint density at radius 2 is 2.00 bits per heavy atom. The van der Waals surface area contributed by atoms with Gasteiger partial charge < -0.3 is 15.5 Å². The van der Waals surface area contributed by atoms with Crippen molar-refractivity contribution in [3.63, 3.8) is 0 Å². The Kier molecular flexibility index (Phi) is 2.87. The van der Waals surface area contributed by atoms with E-state index in [1.807, 2.05) is 0 Å². The highest BCUT2D eigenvalue weighted by molar-refractivity contribution is 5.93. The molecule has 1 amide bonds. The number of carbonyl (C=O) groups excluding carboxylic acids is 1. The lowest BCUT2D eigenvalue weighted by molar-refractivity contribution is -0.141. The number of carbonyl (C=O) groups is 2. The number of aliphatic carboxylic acids is 1. The molecule has 0 aromatic heterocycles. The van der Waals surface area contributed by atoms with Gasteiger partial charge in [-0.15, -0.1) is 0 Å². The van der Waals surface area contributed by atoms with Crippen LogP contribution in [0.1, 0.15) is 25.7 Å². The minimum absolute atomic E-state index is 0.113. The Labute approximate surface area is 75.7 Å². The predicted octanol–water partition coefficient (Wildman–Crippen LogP) is -0.508. The molecule has 5 nitrogen and oxygen atoms in total. The van der Waals surface area contributed by atoms with Crippen LogP contribution in [0.5, 0.6) is 0 Å². The Balaban J connectivity index is 2.38. The van der Waals surface area contributed by atoms with Gasteiger partial charge in [0.05, 0.1) is 12.1 Å². The summed E-state index contributed by atoms with van der Waals surface area (Å²) < 4.78 is 0. The minimum Gasteiger partial charge on any atom is -0.481 e. The highest BCUT2D eigenvalue weighted by Crippen LogP contribution is 2.31. The van der Waals surface area contributed by atoms with Gasteiger partial charge in [-0.3, -0.25) is 9.59 Å². The molecule has 0 aliphatic heterocycles. The first kappa shape index (κ1) is 9.98. The number of carboxylic acid groups (broad SMARTS) is 1. The first-order valence-corrected chi connectivity index (χ1v) is 4.22. The van der Waals surface area contributed by atoms with Gasteiger partial charge in [0.25, 0.3) is 0 Å². The van der Waals surface area contributed by atoms with E-state index in [0.29, 0.717) is 0 Å². The zero-order valence-electron chi connectivity index (χ0n) is 7.25. The quantitative estimate of drug-likeness (QED) is 0.517. The van der Waals surface area contributed by atoms with Crippen LogP contribution in [0.15, 0.2) is 0 Å². The van der Waals surface area contributed by atoms with E-state index in [1.54, 1.807) is 0 Å². The van der Waals surface area contributed by atoms with Crippen LogP contribution in [0.4, 0.5) is 0 Å². The van der Waals surface area contributed by atoms with Crippen LogP contribution in [-0.4, -0.2) is 34.2 Å². The average Bonchev–Trinajstić information content (AvgIpc) is 1.95. The van der Waals surface area contributed by atoms with E-state index >= 15 is 0 Å². The Hall–Kier alpha value is -1.10. The van der Waals surface area contributed by atoms with E-state index < -0.39 is 23.8 Å². The number of hydrogen-bond acceptors (Lipinski definition) is 3. The average molecular weight is 187 g/mol. The Morgan fingerprint density at radius 3 is 2.31 bits per heavy atom. The second-order valence-corrected chi connectivity index (χ2v) is 3.41. The molecule has 0 aromatic carbocycles. The molecule has 0 saturated heterocycles. The second-order valence-electron chi connectivity index (χ2n) is 3.41. The molecule has 0 radical (unpaired) electrons. The molecular weight excluding hydrogens is 174 g/mol. The lowest BCUT2D eigenvalue weighted by atomic mass is 9.77. The first-order chi connectivity index (χ1) is 6.08. The summed E-state index contributed by atoms with van der Waals surface area (Å²) in [4.78, 5) is 21.2. The van der Waals surface area contributed by atoms with Crippen LogP contribution in [0, 0.1) is 0 Å². The molecule has 0 aromatic rings. The highest BCUT2D eigenvalue weighted by Gasteiger charge is 2.37. The standard InChI is InChI=1S/C8H13NO4/c10-5-8(2-1-3-8)9-6(11)4-7(12)13/h10H,1-5H2,(H,9,11)(H,12,13). The number of rotatable bonds is 4. The molecule has 1 aliphatic carbocycles. The molecule has 5 heteroatoms. The minimum atomic E-state index is -1.15. The summed E-state index contributed by atoms with van der Waals surface area (Å²) in [6, 6.07) is 0. The van der Waals surface area contributed by atoms with Crippen molar-refractivity contribution in [3.05, 3.63) is 0 Å². The second kappa shape index (κ2) is 3.74. The molecule has 13 heavy (non-hydrogen) atoms. The number of amides is 1. The fourth-order valence-corrected chi connectivity index (χ4v) is 1.40. The third-order valence-electron chi connectivity index (χ3n) is 2.33. The number of hydrogen-bond donors (Lipinski definition) is 3. The van der Waals surface area contributed by atoms with E-state index in [1.165, 1.54) is 0 Å². The van der Waals surface area contributed by atoms with Gasteiger partial charge in [0.2, 0.25) is 5.91 Å². The van der Waals surface area contributed by atoms with Crippen molar-refractivity contribution >= 4 is 11.9 Å². The summed E-state index contributed by atoms with van der Waals surface area (Å²) >= 11 is 0. The van der Waals surface area contributed by atoms with Gasteiger partial charge in [0.15, 0.2) is 0 Å². The van der Waals surface area contributed by atoms with Crippen molar-refractivity contribution in [3.8, 4) is 0 Å². The van der Waals surface area contributed by atoms with Gasteiger partial charge in [-0.25, -0.2) is 0 Å². The van der Waals surface area contributed by atoms with Crippen LogP contribution in [-0.2, 0) is 9.59 Å². The molecule has 1 saturated carbocycles. The molecule has 0 atom stereocenters. The summed E-state index contributed by atoms with van der Waals surface area (Å²) in [5, 5.41) is 19.8. The molecule has 0 unspecified atom stereocenters. The molecule has 0 bridgehead atoms. The van der Waals surface area contributed by atoms with Crippen LogP contribution >= 0.6 is 0 Å². The van der Waals surface area contributed by atoms with Crippen molar-refractivity contribution in [1.82, 2.24) is 5.32 Å². The largest absolute Gasteiger partial charge is 0.481 e. The summed E-state index contributed by atoms with van der Waals surface area (Å²) in [5.74, 6) is -1.67. The van der Waals surface area contributed by atoms with E-state index in [9.17, 15) is 9.59 Å². The van der Waals surface area contributed by atoms with Crippen LogP contribution in [0.25, 0.3) is 0 Å². The zero-order chi connectivity index (χ0) is 9.90. The number of aliphatic hydroxyl groups excluding tert-OH is 1. The van der Waals surface area contributed by atoms with Crippen molar-refractivity contribution in [2.75, 3.05) is 6.61 Å². The highest BCUT2D eigenvalue weighted by atomic mass is 16.4. The van der Waals surface area contributed by atoms with Gasteiger partial charge >= 0.3 is 5.97 Å². The molecule has 0 spiro atoms. The maximum atomic E-state index is 11.0. The molecule has 0 heterocycles. The van der Waals surface area contributed by atoms with Gasteiger partial charge in [-0.1, -0.05) is 0 Å². The molecular formula is C8H13NO4. The topological polar surface area (TPSA) is 86.6 Å². The van der Waals surface area contributed by atoms with Crippen molar-refractivity contribution in [1.29, 1.82) is 0 Å². The third kappa shape index (κ3) is 2.42. The maximum absolute atomic E-state index is 11.0. The first-order valence-electron chi connectivity index (χ1n) is 4.22. The lowest BCUT2D eigenvalue weighted by Gasteiger charge is -2.40. The smallest absolute Gasteiger partial charge is 0.312 e. The maximum Gasteiger partial charge on any atom is 0.312 e. The molecule has 1 aliphatic rings. The number of aliphatic hydroxyl groups is 1. The molecule has 3 N–H and O–H groups in total. The van der Waals surface area contributed by atoms with Crippen molar-refractivity contribution in [2.24, 2.45) is 0 Å². The SMILES string of the molecule is O=C(O)CC(=O)NC1(CO)CCC1. The van der Waals surface area contributed by atoms with E-state index in [2.05, 4.69) is 5.32 Å². The van der Waals surface area contributed by atoms with Crippen molar-refractivity contribution in [2.45, 2.75) is 31.2 Å². The Morgan fingerprint density at radius 1 is 1.38 bits per heavy atom. The number of nitrogens with one attached hydrogen (secondary N) is 1. The summed E-state index contributed by atoms with van der Waals surface area (Å²) in [5.41, 5.74) is -0.535. The van der Waals surface area contributed by atoms with E-state index in [4.69, 9.17) is 10.2 Å². The lowest BCUT2D eigenvalue weighted by Crippen LogP contribution is -2.56. The van der Waals surface area contributed by atoms with Gasteiger partial charge in [0.1, 0.15) is 6.42 Å². The predicted molar refractivity (Wildman–Crippen MR) is 44.1 cm³/mol. The van der Waals surface area contributed by atoms with Gasteiger partial charge in [-0.05, 0) is 19.3 Å². The van der Waals surface area contributed by atoms with E-state index in [-0.39, 0.29) is 6.61 Å². The Bertz CT molecular complexity index is 217. The summed E-state index contributed by atoms with van der Waals surface area (Å²) in [6.45, 7) is -0.113. The molecule has 74 valence electrons. The zero-order valence-corrected chi connectivity index (χ0v) is 7.25. The van der Waals surface area contributed by atoms with Crippen LogP contribution < -0.4 is 5.32 Å². The van der Waals surface area contributed by atoms with Crippen LogP contribution in [0.3, 0.4) is 0 Å². The van der Waals surface area contributed by atoms with Crippen molar-refractivity contribution < 1.29 is 19.8 Å². The fraction of sp³-hybridized carbons (Fsp3) is 0.750. The number of carboxylic acids is 1. The summed E-state index contributed by atoms with van der Waals surface area (Å²) in [7, 11) is 0. The fourth-order valence-electron chi connectivity index (χ4n) is 1.40. The van der Waals surface area contributed by atoms with Crippen LogP contribution in [0.2, 0.25) is 0 Å². The monoisotopic (exact) mass is 187 g/mol. The molecule has 1 fully saturated rings. The normalized spacial score (nSPS) is 18.8. The van der Waals surface area contributed by atoms with Gasteiger partial charge in [0, 0.05) is 0 Å². The molecule has 1 rings (SSSR count). The summed E-state index contributed by atoms with van der Waals surface area (Å²) in [6.07, 6.45) is 1.90. The third-order valence-corrected chi connectivity index (χ3v) is 2.33. The van der Waals surface area contributed by atoms with Gasteiger partial charge in [-0.2, -0.15) is 0 Å².